The van der Waals surface area contributed by atoms with Crippen LogP contribution in [-0.4, -0.2) is 17.7 Å². The zero-order chi connectivity index (χ0) is 12.3. The highest BCUT2D eigenvalue weighted by molar-refractivity contribution is 5.68. The number of fused-ring (bicyclic) bond motifs is 1. The van der Waals surface area contributed by atoms with E-state index in [1.807, 2.05) is 36.4 Å². The third kappa shape index (κ3) is 2.63. The van der Waals surface area contributed by atoms with E-state index in [0.29, 0.717) is 0 Å². The minimum atomic E-state index is -0.430. The van der Waals surface area contributed by atoms with Crippen LogP contribution >= 0.6 is 0 Å². The molecule has 0 saturated heterocycles. The molecule has 1 unspecified atom stereocenters. The van der Waals surface area contributed by atoms with Crippen LogP contribution in [0.5, 0.6) is 0 Å². The van der Waals surface area contributed by atoms with Gasteiger partial charge in [-0.25, -0.2) is 0 Å². The number of carbonyl (C=O) groups is 1. The molecule has 2 rings (SSSR count). The number of carbonyl (C=O) groups excluding carboxylic acids is 1. The first-order valence-electron chi connectivity index (χ1n) is 5.46. The molecule has 0 heterocycles. The van der Waals surface area contributed by atoms with Gasteiger partial charge in [0.15, 0.2) is 0 Å². The molecule has 17 heavy (non-hydrogen) atoms. The minimum Gasteiger partial charge on any atom is -0.453 e. The Labute approximate surface area is 100 Å². The standard InChI is InChI=1S/C14H14O3/c1-10(16)17-14-8-11(9-15)6-7-12-4-2-3-5-13(12)14/h2-8,14-15H,9H2,1H3. The molecule has 1 N–H and O–H groups in total. The van der Waals surface area contributed by atoms with E-state index in [1.54, 1.807) is 6.08 Å². The highest BCUT2D eigenvalue weighted by Gasteiger charge is 2.17. The summed E-state index contributed by atoms with van der Waals surface area (Å²) in [5.41, 5.74) is 2.67. The van der Waals surface area contributed by atoms with Gasteiger partial charge in [0.05, 0.1) is 6.61 Å². The second kappa shape index (κ2) is 4.97. The van der Waals surface area contributed by atoms with Crippen LogP contribution in [-0.2, 0) is 9.53 Å². The molecule has 3 heteroatoms. The Balaban J connectivity index is 2.44. The average Bonchev–Trinajstić information content (AvgIpc) is 2.49. The molecule has 1 aromatic carbocycles. The predicted octanol–water partition coefficient (Wildman–Crippen LogP) is 2.24. The van der Waals surface area contributed by atoms with Crippen molar-refractivity contribution >= 4 is 12.0 Å². The fraction of sp³-hybridized carbons (Fsp3) is 0.214. The van der Waals surface area contributed by atoms with Gasteiger partial charge in [0.2, 0.25) is 0 Å². The number of aliphatic hydroxyl groups is 1. The van der Waals surface area contributed by atoms with Crippen LogP contribution in [0.15, 0.2) is 42.0 Å². The molecular formula is C14H14O3. The summed E-state index contributed by atoms with van der Waals surface area (Å²) < 4.78 is 5.26. The van der Waals surface area contributed by atoms with Crippen LogP contribution in [0.3, 0.4) is 0 Å². The maximum absolute atomic E-state index is 11.1. The Hall–Kier alpha value is -1.87. The topological polar surface area (TPSA) is 46.5 Å². The lowest BCUT2D eigenvalue weighted by atomic mass is 10.0. The van der Waals surface area contributed by atoms with E-state index in [-0.39, 0.29) is 12.6 Å². The molecule has 0 aromatic heterocycles. The molecule has 0 fully saturated rings. The van der Waals surface area contributed by atoms with Gasteiger partial charge in [0, 0.05) is 12.5 Å². The monoisotopic (exact) mass is 230 g/mol. The summed E-state index contributed by atoms with van der Waals surface area (Å²) in [5.74, 6) is -0.333. The number of ether oxygens (including phenoxy) is 1. The lowest BCUT2D eigenvalue weighted by molar-refractivity contribution is -0.144. The maximum Gasteiger partial charge on any atom is 0.303 e. The molecule has 1 aliphatic carbocycles. The van der Waals surface area contributed by atoms with Crippen molar-refractivity contribution in [3.05, 3.63) is 53.1 Å². The fourth-order valence-corrected chi connectivity index (χ4v) is 1.84. The largest absolute Gasteiger partial charge is 0.453 e. The third-order valence-corrected chi connectivity index (χ3v) is 2.62. The van der Waals surface area contributed by atoms with E-state index >= 15 is 0 Å². The van der Waals surface area contributed by atoms with E-state index in [0.717, 1.165) is 16.7 Å². The van der Waals surface area contributed by atoms with Gasteiger partial charge in [-0.15, -0.1) is 0 Å². The summed E-state index contributed by atoms with van der Waals surface area (Å²) in [6.45, 7) is 1.32. The van der Waals surface area contributed by atoms with Gasteiger partial charge in [-0.2, -0.15) is 0 Å². The molecule has 1 aromatic rings. The summed E-state index contributed by atoms with van der Waals surface area (Å²) in [6, 6.07) is 7.71. The Morgan fingerprint density at radius 2 is 2.12 bits per heavy atom. The van der Waals surface area contributed by atoms with E-state index in [1.165, 1.54) is 6.92 Å². The summed E-state index contributed by atoms with van der Waals surface area (Å²) in [4.78, 5) is 11.1. The number of aliphatic hydroxyl groups excluding tert-OH is 1. The van der Waals surface area contributed by atoms with Gasteiger partial charge >= 0.3 is 5.97 Å². The SMILES string of the molecule is CC(=O)OC1C=C(CO)C=Cc2ccccc21. The van der Waals surface area contributed by atoms with Gasteiger partial charge in [-0.3, -0.25) is 4.79 Å². The quantitative estimate of drug-likeness (QED) is 0.792. The van der Waals surface area contributed by atoms with Crippen molar-refractivity contribution in [3.8, 4) is 0 Å². The molecule has 88 valence electrons. The summed E-state index contributed by atoms with van der Waals surface area (Å²) >= 11 is 0. The number of rotatable bonds is 2. The first-order valence-corrected chi connectivity index (χ1v) is 5.46. The smallest absolute Gasteiger partial charge is 0.303 e. The lowest BCUT2D eigenvalue weighted by Gasteiger charge is -2.15. The van der Waals surface area contributed by atoms with Crippen LogP contribution in [0, 0.1) is 0 Å². The Morgan fingerprint density at radius 1 is 1.35 bits per heavy atom. The van der Waals surface area contributed by atoms with Crippen LogP contribution in [0.2, 0.25) is 0 Å². The van der Waals surface area contributed by atoms with E-state index in [4.69, 9.17) is 4.74 Å². The molecule has 0 spiro atoms. The molecule has 0 bridgehead atoms. The van der Waals surface area contributed by atoms with Crippen LogP contribution in [0.25, 0.3) is 6.08 Å². The van der Waals surface area contributed by atoms with Gasteiger partial charge in [0.25, 0.3) is 0 Å². The average molecular weight is 230 g/mol. The minimum absolute atomic E-state index is 0.0672. The molecule has 3 nitrogen and oxygen atoms in total. The number of hydrogen-bond acceptors (Lipinski definition) is 3. The van der Waals surface area contributed by atoms with Crippen molar-refractivity contribution in [2.45, 2.75) is 13.0 Å². The molecule has 1 aliphatic rings. The summed E-state index contributed by atoms with van der Waals surface area (Å²) in [7, 11) is 0. The first kappa shape index (κ1) is 11.6. The Morgan fingerprint density at radius 3 is 2.82 bits per heavy atom. The second-order valence-corrected chi connectivity index (χ2v) is 3.89. The van der Waals surface area contributed by atoms with Crippen molar-refractivity contribution < 1.29 is 14.6 Å². The number of esters is 1. The van der Waals surface area contributed by atoms with Crippen molar-refractivity contribution in [1.82, 2.24) is 0 Å². The second-order valence-electron chi connectivity index (χ2n) is 3.89. The molecule has 0 radical (unpaired) electrons. The Bertz CT molecular complexity index is 486. The summed E-state index contributed by atoms with van der Waals surface area (Å²) in [6.07, 6.45) is 5.09. The van der Waals surface area contributed by atoms with Crippen molar-refractivity contribution in [1.29, 1.82) is 0 Å². The molecule has 1 atom stereocenters. The third-order valence-electron chi connectivity index (χ3n) is 2.62. The zero-order valence-electron chi connectivity index (χ0n) is 9.59. The molecule has 0 amide bonds. The highest BCUT2D eigenvalue weighted by atomic mass is 16.5. The van der Waals surface area contributed by atoms with E-state index in [9.17, 15) is 9.90 Å². The van der Waals surface area contributed by atoms with Crippen LogP contribution in [0.1, 0.15) is 24.2 Å². The van der Waals surface area contributed by atoms with Crippen LogP contribution < -0.4 is 0 Å². The molecule has 0 saturated carbocycles. The van der Waals surface area contributed by atoms with E-state index < -0.39 is 6.10 Å². The van der Waals surface area contributed by atoms with Crippen molar-refractivity contribution in [2.75, 3.05) is 6.61 Å². The van der Waals surface area contributed by atoms with Crippen molar-refractivity contribution in [3.63, 3.8) is 0 Å². The van der Waals surface area contributed by atoms with Gasteiger partial charge < -0.3 is 9.84 Å². The number of hydrogen-bond donors (Lipinski definition) is 1. The highest BCUT2D eigenvalue weighted by Crippen LogP contribution is 2.28. The summed E-state index contributed by atoms with van der Waals surface area (Å²) in [5, 5.41) is 9.19. The molecular weight excluding hydrogens is 216 g/mol. The van der Waals surface area contributed by atoms with E-state index in [2.05, 4.69) is 0 Å². The lowest BCUT2D eigenvalue weighted by Crippen LogP contribution is -2.07. The maximum atomic E-state index is 11.1. The Kier molecular flexibility index (Phi) is 3.40. The fourth-order valence-electron chi connectivity index (χ4n) is 1.84. The first-order chi connectivity index (χ1) is 8.20. The van der Waals surface area contributed by atoms with Crippen LogP contribution in [0.4, 0.5) is 0 Å². The van der Waals surface area contributed by atoms with Gasteiger partial charge in [-0.1, -0.05) is 36.4 Å². The molecule has 0 aliphatic heterocycles. The number of benzene rings is 1. The zero-order valence-corrected chi connectivity index (χ0v) is 9.59. The van der Waals surface area contributed by atoms with Crippen molar-refractivity contribution in [2.24, 2.45) is 0 Å². The van der Waals surface area contributed by atoms with Gasteiger partial charge in [0.1, 0.15) is 6.10 Å². The van der Waals surface area contributed by atoms with Gasteiger partial charge in [-0.05, 0) is 17.2 Å². The normalized spacial score (nSPS) is 18.0. The predicted molar refractivity (Wildman–Crippen MR) is 65.2 cm³/mol.